The zero-order valence-electron chi connectivity index (χ0n) is 8.86. The fourth-order valence-corrected chi connectivity index (χ4v) is 4.23. The van der Waals surface area contributed by atoms with Crippen molar-refractivity contribution in [1.29, 1.82) is 0 Å². The summed E-state index contributed by atoms with van der Waals surface area (Å²) in [7, 11) is 0. The van der Waals surface area contributed by atoms with Crippen LogP contribution in [0.1, 0.15) is 51.4 Å². The van der Waals surface area contributed by atoms with Crippen LogP contribution in [0, 0.1) is 0 Å². The smallest absolute Gasteiger partial charge is 0.294 e. The molecule has 5 heteroatoms. The number of hydrogen-bond donors (Lipinski definition) is 0. The van der Waals surface area contributed by atoms with Gasteiger partial charge in [-0.25, -0.2) is 4.57 Å². The Morgan fingerprint density at radius 1 is 0.867 bits per heavy atom. The predicted octanol–water partition coefficient (Wildman–Crippen LogP) is 4.25. The molecule has 3 nitrogen and oxygen atoms in total. The molecule has 0 heterocycles. The van der Waals surface area contributed by atoms with Crippen LogP contribution in [0.3, 0.4) is 0 Å². The molecule has 0 bridgehead atoms. The van der Waals surface area contributed by atoms with Gasteiger partial charge in [-0.1, -0.05) is 25.7 Å². The maximum Gasteiger partial charge on any atom is 0.424 e. The first-order valence-corrected chi connectivity index (χ1v) is 8.27. The molecule has 2 saturated carbocycles. The maximum absolute atomic E-state index is 11.8. The van der Waals surface area contributed by atoms with Crippen molar-refractivity contribution in [2.45, 2.75) is 63.6 Å². The molecule has 0 amide bonds. The van der Waals surface area contributed by atoms with Crippen LogP contribution in [0.15, 0.2) is 0 Å². The van der Waals surface area contributed by atoms with Crippen LogP contribution in [0.4, 0.5) is 0 Å². The molecule has 2 aliphatic rings. The number of rotatable bonds is 4. The summed E-state index contributed by atoms with van der Waals surface area (Å²) in [6.07, 6.45) is 8.53. The first kappa shape index (κ1) is 11.9. The Balaban J connectivity index is 1.79. The van der Waals surface area contributed by atoms with Gasteiger partial charge in [-0.3, -0.25) is 9.05 Å². The Morgan fingerprint density at radius 3 is 1.53 bits per heavy atom. The van der Waals surface area contributed by atoms with E-state index in [0.29, 0.717) is 0 Å². The van der Waals surface area contributed by atoms with Crippen molar-refractivity contribution >= 4 is 18.2 Å². The summed E-state index contributed by atoms with van der Waals surface area (Å²) in [4.78, 5) is 0. The minimum Gasteiger partial charge on any atom is -0.294 e. The highest BCUT2D eigenvalue weighted by molar-refractivity contribution is 7.81. The fourth-order valence-electron chi connectivity index (χ4n) is 2.37. The summed E-state index contributed by atoms with van der Waals surface area (Å²) in [5.74, 6) is 0. The molecule has 2 fully saturated rings. The van der Waals surface area contributed by atoms with Crippen LogP contribution in [-0.4, -0.2) is 12.2 Å². The van der Waals surface area contributed by atoms with Gasteiger partial charge in [-0.15, -0.1) is 0 Å². The summed E-state index contributed by atoms with van der Waals surface area (Å²) in [5.41, 5.74) is 0. The second-order valence-corrected chi connectivity index (χ2v) is 6.98. The lowest BCUT2D eigenvalue weighted by Gasteiger charge is -2.19. The molecule has 0 aromatic heterocycles. The molecule has 88 valence electrons. The molecule has 0 radical (unpaired) electrons. The summed E-state index contributed by atoms with van der Waals surface area (Å²) in [6, 6.07) is 0. The highest BCUT2D eigenvalue weighted by atomic mass is 35.7. The van der Waals surface area contributed by atoms with Crippen molar-refractivity contribution in [2.75, 3.05) is 0 Å². The minimum atomic E-state index is -3.32. The van der Waals surface area contributed by atoms with E-state index < -0.39 is 6.95 Å². The highest BCUT2D eigenvalue weighted by Gasteiger charge is 2.32. The van der Waals surface area contributed by atoms with Crippen molar-refractivity contribution in [1.82, 2.24) is 0 Å². The molecule has 2 rings (SSSR count). The molecule has 2 aliphatic carbocycles. The van der Waals surface area contributed by atoms with E-state index in [4.69, 9.17) is 20.3 Å². The molecule has 0 saturated heterocycles. The van der Waals surface area contributed by atoms with Gasteiger partial charge in [-0.2, -0.15) is 0 Å². The standard InChI is InChI=1S/C10H18ClO3P/c11-15(12,13-9-5-1-2-6-9)14-10-7-3-4-8-10/h9-10H,1-8H2. The molecule has 0 aliphatic heterocycles. The van der Waals surface area contributed by atoms with E-state index in [1.54, 1.807) is 0 Å². The zero-order valence-corrected chi connectivity index (χ0v) is 10.5. The van der Waals surface area contributed by atoms with E-state index >= 15 is 0 Å². The lowest BCUT2D eigenvalue weighted by atomic mass is 10.3. The van der Waals surface area contributed by atoms with E-state index in [0.717, 1.165) is 51.4 Å². The predicted molar refractivity (Wildman–Crippen MR) is 60.1 cm³/mol. The maximum atomic E-state index is 11.8. The second-order valence-electron chi connectivity index (χ2n) is 4.45. The average Bonchev–Trinajstić information content (AvgIpc) is 2.75. The van der Waals surface area contributed by atoms with Gasteiger partial charge in [0.1, 0.15) is 0 Å². The third-order valence-corrected chi connectivity index (χ3v) is 4.73. The van der Waals surface area contributed by atoms with Gasteiger partial charge >= 0.3 is 6.95 Å². The number of halogens is 1. The molecule has 0 atom stereocenters. The lowest BCUT2D eigenvalue weighted by molar-refractivity contribution is 0.128. The highest BCUT2D eigenvalue weighted by Crippen LogP contribution is 2.58. The third-order valence-electron chi connectivity index (χ3n) is 3.15. The van der Waals surface area contributed by atoms with Gasteiger partial charge in [0.25, 0.3) is 0 Å². The summed E-state index contributed by atoms with van der Waals surface area (Å²) < 4.78 is 22.6. The first-order chi connectivity index (χ1) is 7.16. The van der Waals surface area contributed by atoms with Gasteiger partial charge in [-0.05, 0) is 25.7 Å². The van der Waals surface area contributed by atoms with E-state index in [1.807, 2.05) is 0 Å². The normalized spacial score (nSPS) is 25.1. The van der Waals surface area contributed by atoms with E-state index in [2.05, 4.69) is 0 Å². The minimum absolute atomic E-state index is 0.0507. The Bertz CT molecular complexity index is 225. The first-order valence-electron chi connectivity index (χ1n) is 5.82. The van der Waals surface area contributed by atoms with Crippen molar-refractivity contribution in [3.63, 3.8) is 0 Å². The van der Waals surface area contributed by atoms with Crippen molar-refractivity contribution in [2.24, 2.45) is 0 Å². The molecule has 0 aromatic carbocycles. The van der Waals surface area contributed by atoms with Crippen LogP contribution in [-0.2, 0) is 13.6 Å². The molecular weight excluding hydrogens is 235 g/mol. The molecule has 0 aromatic rings. The van der Waals surface area contributed by atoms with E-state index in [9.17, 15) is 4.57 Å². The molecule has 15 heavy (non-hydrogen) atoms. The fraction of sp³-hybridized carbons (Fsp3) is 1.00. The van der Waals surface area contributed by atoms with Crippen molar-refractivity contribution in [3.8, 4) is 0 Å². The summed E-state index contributed by atoms with van der Waals surface area (Å²) in [5, 5.41) is 0. The van der Waals surface area contributed by atoms with Crippen molar-refractivity contribution in [3.05, 3.63) is 0 Å². The molecule has 0 unspecified atom stereocenters. The lowest BCUT2D eigenvalue weighted by Crippen LogP contribution is -2.09. The van der Waals surface area contributed by atoms with Crippen LogP contribution >= 0.6 is 18.2 Å². The van der Waals surface area contributed by atoms with Gasteiger partial charge in [0.2, 0.25) is 0 Å². The van der Waals surface area contributed by atoms with Crippen LogP contribution < -0.4 is 0 Å². The quantitative estimate of drug-likeness (QED) is 0.702. The zero-order chi connectivity index (χ0) is 10.7. The van der Waals surface area contributed by atoms with Gasteiger partial charge in [0, 0.05) is 11.2 Å². The number of hydrogen-bond acceptors (Lipinski definition) is 3. The SMILES string of the molecule is O=P(Cl)(OC1CCCC1)OC1CCCC1. The Hall–Kier alpha value is 0.440. The topological polar surface area (TPSA) is 35.5 Å². The van der Waals surface area contributed by atoms with E-state index in [1.165, 1.54) is 0 Å². The summed E-state index contributed by atoms with van der Waals surface area (Å²) in [6.45, 7) is -3.32. The molecule has 0 N–H and O–H groups in total. The summed E-state index contributed by atoms with van der Waals surface area (Å²) >= 11 is 5.81. The Kier molecular flexibility index (Phi) is 4.11. The molecular formula is C10H18ClO3P. The van der Waals surface area contributed by atoms with Gasteiger partial charge in [0.15, 0.2) is 0 Å². The second kappa shape index (κ2) is 5.18. The Labute approximate surface area is 95.8 Å². The average molecular weight is 253 g/mol. The van der Waals surface area contributed by atoms with Gasteiger partial charge < -0.3 is 0 Å². The van der Waals surface area contributed by atoms with Crippen LogP contribution in [0.5, 0.6) is 0 Å². The monoisotopic (exact) mass is 252 g/mol. The largest absolute Gasteiger partial charge is 0.424 e. The van der Waals surface area contributed by atoms with Gasteiger partial charge in [0.05, 0.1) is 12.2 Å². The Morgan fingerprint density at radius 2 is 1.20 bits per heavy atom. The molecule has 0 spiro atoms. The van der Waals surface area contributed by atoms with Crippen LogP contribution in [0.2, 0.25) is 0 Å². The third kappa shape index (κ3) is 3.74. The van der Waals surface area contributed by atoms with Crippen LogP contribution in [0.25, 0.3) is 0 Å². The van der Waals surface area contributed by atoms with E-state index in [-0.39, 0.29) is 12.2 Å². The van der Waals surface area contributed by atoms with Crippen molar-refractivity contribution < 1.29 is 13.6 Å².